The fourth-order valence-corrected chi connectivity index (χ4v) is 9.65. The molecule has 0 saturated heterocycles. The predicted molar refractivity (Wildman–Crippen MR) is 254 cm³/mol. The van der Waals surface area contributed by atoms with E-state index in [9.17, 15) is 9.59 Å². The van der Waals surface area contributed by atoms with Crippen molar-refractivity contribution in [2.45, 2.75) is 109 Å². The summed E-state index contributed by atoms with van der Waals surface area (Å²) in [5.41, 5.74) is 14.0. The fourth-order valence-electron chi connectivity index (χ4n) is 9.33. The molecule has 3 aliphatic rings. The van der Waals surface area contributed by atoms with Crippen molar-refractivity contribution in [1.82, 2.24) is 0 Å². The number of nitrogens with one attached hydrogen (secondary N) is 2. The fraction of sp³-hybridized carbons (Fsp3) is 0.370. The molecular formula is C54H62ClN4O2+. The van der Waals surface area contributed by atoms with Crippen LogP contribution in [0.3, 0.4) is 0 Å². The second-order valence-corrected chi connectivity index (χ2v) is 18.2. The summed E-state index contributed by atoms with van der Waals surface area (Å²) in [5.74, 6) is 0.233. The SMILES string of the molecule is CC1(C)C(=C=CC2CCCC(/C=C/C3=[N+](CCCCCC(=O)Nc4ccccc4)c4ccccc4C3(C)C)=C2Cl)N(CCCCCC(=O)Nc2ccccc2)c2ccccc21. The number of fused-ring (bicyclic) bond motifs is 2. The van der Waals surface area contributed by atoms with Crippen molar-refractivity contribution in [3.05, 3.63) is 161 Å². The molecule has 7 heteroatoms. The molecule has 316 valence electrons. The number of hydrogen-bond donors (Lipinski definition) is 2. The lowest BCUT2D eigenvalue weighted by atomic mass is 9.81. The Hall–Kier alpha value is -5.42. The van der Waals surface area contributed by atoms with E-state index in [2.05, 4.69) is 120 Å². The van der Waals surface area contributed by atoms with Crippen LogP contribution in [0.1, 0.15) is 109 Å². The Bertz CT molecular complexity index is 2350. The molecule has 1 atom stereocenters. The van der Waals surface area contributed by atoms with Crippen LogP contribution in [-0.2, 0) is 20.4 Å². The molecule has 0 radical (unpaired) electrons. The Morgan fingerprint density at radius 1 is 0.721 bits per heavy atom. The van der Waals surface area contributed by atoms with Crippen LogP contribution >= 0.6 is 11.6 Å². The molecule has 4 aromatic rings. The standard InChI is InChI=1S/C54H61ClN4O2/c1-53(2)44-28-15-17-30-46(44)58(38-19-7-13-32-50(60)56-42-24-9-5-10-25-42)48(53)36-34-40-22-21-23-41(52(40)55)35-37-49-54(3,4)45-29-16-18-31-47(45)59(49)39-20-8-14-33-51(61)57-43-26-11-6-12-27-43/h5-6,9-12,15-18,24-31,34-36,41H,7-8,13-14,19-23,32-33,38-39H2,1-4H3,(H-,56,57,60,61)/p+1/b36-34+. The first kappa shape index (κ1) is 43.7. The summed E-state index contributed by atoms with van der Waals surface area (Å²) in [7, 11) is 0. The molecule has 2 heterocycles. The summed E-state index contributed by atoms with van der Waals surface area (Å²) in [6.45, 7) is 11.0. The maximum Gasteiger partial charge on any atom is 0.224 e. The molecule has 0 bridgehead atoms. The number of rotatable bonds is 17. The number of hydrogen-bond acceptors (Lipinski definition) is 3. The van der Waals surface area contributed by atoms with Crippen molar-refractivity contribution in [3.8, 4) is 0 Å². The summed E-state index contributed by atoms with van der Waals surface area (Å²) in [6.07, 6.45) is 16.5. The van der Waals surface area contributed by atoms with Gasteiger partial charge in [-0.3, -0.25) is 9.59 Å². The zero-order valence-corrected chi connectivity index (χ0v) is 37.2. The molecule has 61 heavy (non-hydrogen) atoms. The second-order valence-electron chi connectivity index (χ2n) is 17.8. The lowest BCUT2D eigenvalue weighted by molar-refractivity contribution is -0.438. The third-order valence-corrected chi connectivity index (χ3v) is 13.2. The van der Waals surface area contributed by atoms with Crippen LogP contribution in [0.4, 0.5) is 22.7 Å². The monoisotopic (exact) mass is 833 g/mol. The Morgan fingerprint density at radius 2 is 1.31 bits per heavy atom. The highest BCUT2D eigenvalue weighted by Crippen LogP contribution is 2.48. The van der Waals surface area contributed by atoms with E-state index in [-0.39, 0.29) is 28.6 Å². The van der Waals surface area contributed by atoms with Crippen LogP contribution in [0.25, 0.3) is 0 Å². The van der Waals surface area contributed by atoms with E-state index in [1.54, 1.807) is 0 Å². The largest absolute Gasteiger partial charge is 0.338 e. The number of carbonyl (C=O) groups excluding carboxylic acids is 2. The van der Waals surface area contributed by atoms with Gasteiger partial charge in [-0.15, -0.1) is 5.73 Å². The van der Waals surface area contributed by atoms with Gasteiger partial charge in [-0.05, 0) is 120 Å². The highest BCUT2D eigenvalue weighted by atomic mass is 35.5. The van der Waals surface area contributed by atoms with Crippen LogP contribution in [0.5, 0.6) is 0 Å². The van der Waals surface area contributed by atoms with Crippen LogP contribution in [0, 0.1) is 5.92 Å². The molecule has 2 amide bonds. The van der Waals surface area contributed by atoms with Gasteiger partial charge in [0.2, 0.25) is 17.5 Å². The number of amides is 2. The zero-order valence-electron chi connectivity index (χ0n) is 36.5. The number of anilines is 3. The first-order valence-corrected chi connectivity index (χ1v) is 22.8. The molecule has 1 unspecified atom stereocenters. The van der Waals surface area contributed by atoms with Crippen molar-refractivity contribution in [2.75, 3.05) is 28.6 Å². The van der Waals surface area contributed by atoms with E-state index in [0.717, 1.165) is 87.3 Å². The summed E-state index contributed by atoms with van der Waals surface area (Å²) in [4.78, 5) is 27.6. The molecular weight excluding hydrogens is 772 g/mol. The zero-order chi connectivity index (χ0) is 42.8. The maximum absolute atomic E-state index is 12.6. The number of halogens is 1. The topological polar surface area (TPSA) is 64.5 Å². The van der Waals surface area contributed by atoms with Crippen molar-refractivity contribution < 1.29 is 14.2 Å². The van der Waals surface area contributed by atoms with Crippen molar-refractivity contribution >= 4 is 51.9 Å². The Morgan fingerprint density at radius 3 is 1.98 bits per heavy atom. The summed E-state index contributed by atoms with van der Waals surface area (Å²) in [6, 6.07) is 36.9. The Kier molecular flexibility index (Phi) is 14.3. The van der Waals surface area contributed by atoms with Gasteiger partial charge in [-0.2, -0.15) is 4.58 Å². The molecule has 6 nitrogen and oxygen atoms in total. The van der Waals surface area contributed by atoms with Gasteiger partial charge in [-0.1, -0.05) is 96.9 Å². The highest BCUT2D eigenvalue weighted by molar-refractivity contribution is 6.30. The van der Waals surface area contributed by atoms with Gasteiger partial charge in [0.1, 0.15) is 6.54 Å². The van der Waals surface area contributed by atoms with Crippen molar-refractivity contribution in [1.29, 1.82) is 0 Å². The minimum Gasteiger partial charge on any atom is -0.338 e. The number of benzene rings is 4. The van der Waals surface area contributed by atoms with Gasteiger partial charge in [0, 0.05) is 76.9 Å². The highest BCUT2D eigenvalue weighted by Gasteiger charge is 2.44. The van der Waals surface area contributed by atoms with Gasteiger partial charge in [0.05, 0.1) is 11.1 Å². The third-order valence-electron chi connectivity index (χ3n) is 12.7. The average molecular weight is 835 g/mol. The molecule has 0 aromatic heterocycles. The molecule has 0 spiro atoms. The van der Waals surface area contributed by atoms with E-state index in [1.165, 1.54) is 39.5 Å². The normalized spacial score (nSPS) is 17.6. The molecule has 2 aliphatic heterocycles. The first-order valence-electron chi connectivity index (χ1n) is 22.4. The quantitative estimate of drug-likeness (QED) is 0.0633. The molecule has 1 aliphatic carbocycles. The van der Waals surface area contributed by atoms with E-state index < -0.39 is 0 Å². The number of nitrogens with zero attached hydrogens (tertiary/aromatic N) is 2. The molecule has 2 N–H and O–H groups in total. The molecule has 0 saturated carbocycles. The molecule has 4 aromatic carbocycles. The summed E-state index contributed by atoms with van der Waals surface area (Å²) >= 11 is 7.35. The Balaban J connectivity index is 1.04. The minimum atomic E-state index is -0.200. The average Bonchev–Trinajstić information content (AvgIpc) is 3.61. The predicted octanol–water partition coefficient (Wildman–Crippen LogP) is 13.1. The number of allylic oxidation sites excluding steroid dienone is 5. The molecule has 0 fully saturated rings. The van der Waals surface area contributed by atoms with Gasteiger partial charge < -0.3 is 15.5 Å². The summed E-state index contributed by atoms with van der Waals surface area (Å²) in [5, 5.41) is 6.94. The minimum absolute atomic E-state index is 0.0657. The number of carbonyl (C=O) groups is 2. The van der Waals surface area contributed by atoms with Gasteiger partial charge in [-0.25, -0.2) is 0 Å². The molecule has 7 rings (SSSR count). The van der Waals surface area contributed by atoms with Crippen LogP contribution in [-0.4, -0.2) is 35.2 Å². The summed E-state index contributed by atoms with van der Waals surface area (Å²) < 4.78 is 2.49. The lowest BCUT2D eigenvalue weighted by Gasteiger charge is -2.26. The lowest BCUT2D eigenvalue weighted by Crippen LogP contribution is -2.28. The van der Waals surface area contributed by atoms with E-state index in [1.807, 2.05) is 60.7 Å². The van der Waals surface area contributed by atoms with Crippen molar-refractivity contribution in [3.63, 3.8) is 0 Å². The van der Waals surface area contributed by atoms with Crippen LogP contribution < -0.4 is 15.5 Å². The van der Waals surface area contributed by atoms with Gasteiger partial charge in [0.15, 0.2) is 5.71 Å². The number of para-hydroxylation sites is 4. The second kappa shape index (κ2) is 20.0. The smallest absolute Gasteiger partial charge is 0.224 e. The third kappa shape index (κ3) is 10.4. The van der Waals surface area contributed by atoms with Crippen LogP contribution in [0.2, 0.25) is 0 Å². The van der Waals surface area contributed by atoms with Gasteiger partial charge in [0.25, 0.3) is 0 Å². The van der Waals surface area contributed by atoms with E-state index >= 15 is 0 Å². The maximum atomic E-state index is 12.6. The Labute approximate surface area is 368 Å². The first-order chi connectivity index (χ1) is 29.5. The van der Waals surface area contributed by atoms with E-state index in [4.69, 9.17) is 11.6 Å². The van der Waals surface area contributed by atoms with Gasteiger partial charge >= 0.3 is 0 Å². The van der Waals surface area contributed by atoms with Crippen LogP contribution in [0.15, 0.2) is 149 Å². The number of unbranched alkanes of at least 4 members (excludes halogenated alkanes) is 4. The van der Waals surface area contributed by atoms with Crippen molar-refractivity contribution in [2.24, 2.45) is 5.92 Å². The van der Waals surface area contributed by atoms with E-state index in [0.29, 0.717) is 12.8 Å².